The molecule has 0 saturated heterocycles. The smallest absolute Gasteiger partial charge is 0.249 e. The van der Waals surface area contributed by atoms with Gasteiger partial charge in [-0.3, -0.25) is 9.48 Å². The summed E-state index contributed by atoms with van der Waals surface area (Å²) in [5.41, 5.74) is 1.22. The van der Waals surface area contributed by atoms with Gasteiger partial charge in [0.25, 0.3) is 0 Å². The van der Waals surface area contributed by atoms with E-state index >= 15 is 0 Å². The van der Waals surface area contributed by atoms with Crippen LogP contribution in [-0.4, -0.2) is 26.9 Å². The number of carbonyl (C=O) groups excluding carboxylic acids is 1. The highest BCUT2D eigenvalue weighted by Crippen LogP contribution is 2.74. The molecule has 1 aliphatic heterocycles. The molecule has 0 radical (unpaired) electrons. The number of para-hydroxylation sites is 1. The number of halogens is 3. The Morgan fingerprint density at radius 2 is 1.87 bits per heavy atom. The average Bonchev–Trinajstić information content (AvgIpc) is 3.34. The number of rotatable bonds is 4. The van der Waals surface area contributed by atoms with Crippen molar-refractivity contribution in [1.82, 2.24) is 14.8 Å². The van der Waals surface area contributed by atoms with Gasteiger partial charge in [-0.25, -0.2) is 13.8 Å². The Bertz CT molecular complexity index is 1230. The van der Waals surface area contributed by atoms with E-state index in [9.17, 15) is 13.6 Å². The Balaban J connectivity index is 1.19. The van der Waals surface area contributed by atoms with Crippen molar-refractivity contribution < 1.29 is 13.6 Å². The van der Waals surface area contributed by atoms with Crippen LogP contribution in [0.2, 0.25) is 0 Å². The van der Waals surface area contributed by atoms with Gasteiger partial charge >= 0.3 is 0 Å². The summed E-state index contributed by atoms with van der Waals surface area (Å²) < 4.78 is 29.9. The predicted molar refractivity (Wildman–Crippen MR) is 115 cm³/mol. The first-order valence-corrected chi connectivity index (χ1v) is 11.1. The zero-order valence-corrected chi connectivity index (χ0v) is 18.1. The Morgan fingerprint density at radius 3 is 2.61 bits per heavy atom. The fourth-order valence-corrected chi connectivity index (χ4v) is 5.99. The number of hydrogen-bond acceptors (Lipinski definition) is 3. The first-order valence-electron chi connectivity index (χ1n) is 10.3. The number of benzene rings is 2. The third-order valence-electron chi connectivity index (χ3n) is 7.06. The quantitative estimate of drug-likeness (QED) is 0.477. The normalized spacial score (nSPS) is 28.6. The lowest BCUT2D eigenvalue weighted by atomic mass is 9.34. The van der Waals surface area contributed by atoms with Crippen LogP contribution in [0.15, 0.2) is 52.2 Å². The summed E-state index contributed by atoms with van der Waals surface area (Å²) in [6.07, 6.45) is 6.38. The number of amides is 1. The molecule has 1 atom stereocenters. The molecule has 2 bridgehead atoms. The number of nitrogens with zero attached hydrogens (tertiary/aromatic N) is 4. The first kappa shape index (κ1) is 19.1. The summed E-state index contributed by atoms with van der Waals surface area (Å²) in [6, 6.07) is 10.2. The van der Waals surface area contributed by atoms with Gasteiger partial charge in [0.15, 0.2) is 0 Å². The van der Waals surface area contributed by atoms with Gasteiger partial charge in [-0.05, 0) is 64.4 Å². The van der Waals surface area contributed by atoms with Crippen LogP contribution in [0.1, 0.15) is 37.3 Å². The van der Waals surface area contributed by atoms with Crippen molar-refractivity contribution in [1.29, 1.82) is 0 Å². The second-order valence-electron chi connectivity index (χ2n) is 9.17. The van der Waals surface area contributed by atoms with Gasteiger partial charge < -0.3 is 0 Å². The molecule has 4 aliphatic rings. The van der Waals surface area contributed by atoms with E-state index in [1.165, 1.54) is 17.1 Å². The van der Waals surface area contributed by atoms with E-state index < -0.39 is 23.1 Å². The second kappa shape index (κ2) is 6.45. The Morgan fingerprint density at radius 1 is 1.16 bits per heavy atom. The van der Waals surface area contributed by atoms with Crippen LogP contribution in [0, 0.1) is 22.5 Å². The lowest BCUT2D eigenvalue weighted by Gasteiger charge is -2.69. The van der Waals surface area contributed by atoms with Crippen molar-refractivity contribution in [2.75, 3.05) is 0 Å². The van der Waals surface area contributed by atoms with Crippen molar-refractivity contribution in [2.45, 2.75) is 38.3 Å². The van der Waals surface area contributed by atoms with Crippen LogP contribution < -0.4 is 0 Å². The fourth-order valence-electron chi connectivity index (χ4n) is 5.76. The highest BCUT2D eigenvalue weighted by atomic mass is 79.9. The molecule has 3 fully saturated rings. The summed E-state index contributed by atoms with van der Waals surface area (Å²) >= 11 is 2.90. The highest BCUT2D eigenvalue weighted by Gasteiger charge is 2.72. The van der Waals surface area contributed by atoms with Gasteiger partial charge in [0.2, 0.25) is 5.91 Å². The van der Waals surface area contributed by atoms with Gasteiger partial charge in [-0.15, -0.1) is 0 Å². The predicted octanol–water partition coefficient (Wildman–Crippen LogP) is 5.21. The molecule has 3 saturated carbocycles. The van der Waals surface area contributed by atoms with Gasteiger partial charge in [0, 0.05) is 24.6 Å². The van der Waals surface area contributed by atoms with Crippen molar-refractivity contribution in [3.8, 4) is 0 Å². The van der Waals surface area contributed by atoms with Crippen LogP contribution in [-0.2, 0) is 11.3 Å². The number of hydrogen-bond donors (Lipinski definition) is 0. The lowest BCUT2D eigenvalue weighted by molar-refractivity contribution is -0.223. The van der Waals surface area contributed by atoms with E-state index in [0.29, 0.717) is 12.0 Å². The molecule has 2 aromatic carbocycles. The van der Waals surface area contributed by atoms with Crippen molar-refractivity contribution in [2.24, 2.45) is 15.9 Å². The van der Waals surface area contributed by atoms with E-state index in [0.717, 1.165) is 36.7 Å². The molecule has 1 aromatic heterocycles. The third kappa shape index (κ3) is 2.73. The van der Waals surface area contributed by atoms with E-state index in [2.05, 4.69) is 32.2 Å². The standard InChI is InChI=1S/C23H19BrF2N4O/c24-20-16(25)7-15(8-17(20)26)19-5-6-27-30(19)21(31)23-10-22(11-23,12-23)13-29-18-4-2-1-3-14(18)9-28-29/h1-4,6-9,19H,5,10-13H2. The third-order valence-corrected chi connectivity index (χ3v) is 7.82. The molecular weight excluding hydrogens is 466 g/mol. The van der Waals surface area contributed by atoms with Crippen LogP contribution in [0.25, 0.3) is 10.9 Å². The second-order valence-corrected chi connectivity index (χ2v) is 9.96. The molecule has 1 amide bonds. The minimum absolute atomic E-state index is 0.0396. The van der Waals surface area contributed by atoms with Gasteiger partial charge in [0.1, 0.15) is 11.6 Å². The first-order chi connectivity index (χ1) is 14.9. The molecule has 5 nitrogen and oxygen atoms in total. The molecule has 2 heterocycles. The molecule has 0 N–H and O–H groups in total. The maximum absolute atomic E-state index is 14.0. The molecule has 3 aliphatic carbocycles. The van der Waals surface area contributed by atoms with Crippen LogP contribution in [0.5, 0.6) is 0 Å². The zero-order valence-electron chi connectivity index (χ0n) is 16.6. The summed E-state index contributed by atoms with van der Waals surface area (Å²) in [5.74, 6) is -1.39. The Labute approximate surface area is 185 Å². The Kier molecular flexibility index (Phi) is 3.97. The number of aromatic nitrogens is 2. The van der Waals surface area contributed by atoms with E-state index in [1.54, 1.807) is 6.21 Å². The van der Waals surface area contributed by atoms with E-state index in [1.807, 2.05) is 29.1 Å². The topological polar surface area (TPSA) is 50.5 Å². The molecule has 8 heteroatoms. The lowest BCUT2D eigenvalue weighted by Crippen LogP contribution is -2.68. The SMILES string of the molecule is O=C(N1N=CCC1c1cc(F)c(Br)c(F)c1)C12CC(Cn3ncc4ccccc43)(C1)C2. The largest absolute Gasteiger partial charge is 0.272 e. The molecule has 1 unspecified atom stereocenters. The Hall–Kier alpha value is -2.61. The number of carbonyl (C=O) groups is 1. The van der Waals surface area contributed by atoms with Crippen LogP contribution in [0.3, 0.4) is 0 Å². The number of hydrazone groups is 1. The zero-order chi connectivity index (χ0) is 21.4. The van der Waals surface area contributed by atoms with Crippen LogP contribution in [0.4, 0.5) is 8.78 Å². The minimum atomic E-state index is -0.676. The molecule has 31 heavy (non-hydrogen) atoms. The minimum Gasteiger partial charge on any atom is -0.272 e. The maximum atomic E-state index is 14.0. The van der Waals surface area contributed by atoms with Gasteiger partial charge in [-0.2, -0.15) is 10.2 Å². The highest BCUT2D eigenvalue weighted by molar-refractivity contribution is 9.10. The van der Waals surface area contributed by atoms with Crippen molar-refractivity contribution in [3.05, 3.63) is 64.3 Å². The summed E-state index contributed by atoms with van der Waals surface area (Å²) in [5, 5.41) is 11.4. The van der Waals surface area contributed by atoms with Crippen molar-refractivity contribution in [3.63, 3.8) is 0 Å². The van der Waals surface area contributed by atoms with E-state index in [4.69, 9.17) is 0 Å². The fraction of sp³-hybridized carbons (Fsp3) is 0.348. The molecule has 158 valence electrons. The number of fused-ring (bicyclic) bond motifs is 1. The molecule has 0 spiro atoms. The molecular formula is C23H19BrF2N4O. The summed E-state index contributed by atoms with van der Waals surface area (Å²) in [4.78, 5) is 13.4. The monoisotopic (exact) mass is 484 g/mol. The maximum Gasteiger partial charge on any atom is 0.249 e. The average molecular weight is 485 g/mol. The molecule has 7 rings (SSSR count). The summed E-state index contributed by atoms with van der Waals surface area (Å²) in [7, 11) is 0. The van der Waals surface area contributed by atoms with Crippen molar-refractivity contribution >= 4 is 39.0 Å². The van der Waals surface area contributed by atoms with Gasteiger partial charge in [0.05, 0.1) is 27.6 Å². The molecule has 3 aromatic rings. The van der Waals surface area contributed by atoms with Crippen LogP contribution >= 0.6 is 15.9 Å². The van der Waals surface area contributed by atoms with Gasteiger partial charge in [-0.1, -0.05) is 18.2 Å². The van der Waals surface area contributed by atoms with E-state index in [-0.39, 0.29) is 15.8 Å². The summed E-state index contributed by atoms with van der Waals surface area (Å²) in [6.45, 7) is 0.797.